The number of nitrogens with zero attached hydrogens (tertiary/aromatic N) is 3. The van der Waals surface area contributed by atoms with Gasteiger partial charge in [0.2, 0.25) is 5.91 Å². The van der Waals surface area contributed by atoms with Crippen molar-refractivity contribution in [3.8, 4) is 0 Å². The fraction of sp³-hybridized carbons (Fsp3) is 0.615. The van der Waals surface area contributed by atoms with E-state index in [0.29, 0.717) is 49.5 Å². The first-order valence-electron chi connectivity index (χ1n) is 6.81. The summed E-state index contributed by atoms with van der Waals surface area (Å²) in [5, 5.41) is 3.22. The zero-order valence-electron chi connectivity index (χ0n) is 11.7. The molecular formula is C13H19ClN4O2. The molecular weight excluding hydrogens is 280 g/mol. The van der Waals surface area contributed by atoms with Crippen LogP contribution in [-0.4, -0.2) is 48.2 Å². The Morgan fingerprint density at radius 3 is 3.05 bits per heavy atom. The fourth-order valence-corrected chi connectivity index (χ4v) is 2.34. The second kappa shape index (κ2) is 6.85. The molecule has 7 heteroatoms. The molecule has 2 rings (SSSR count). The van der Waals surface area contributed by atoms with Crippen LogP contribution in [0.3, 0.4) is 0 Å². The Labute approximate surface area is 123 Å². The van der Waals surface area contributed by atoms with Crippen LogP contribution < -0.4 is 10.2 Å². The molecule has 1 unspecified atom stereocenters. The molecule has 1 N–H and O–H groups in total. The van der Waals surface area contributed by atoms with Crippen molar-refractivity contribution < 1.29 is 9.53 Å². The molecule has 0 saturated carbocycles. The zero-order chi connectivity index (χ0) is 14.5. The lowest BCUT2D eigenvalue weighted by Gasteiger charge is -2.35. The molecule has 0 radical (unpaired) electrons. The number of aromatic nitrogens is 2. The first-order valence-corrected chi connectivity index (χ1v) is 7.19. The van der Waals surface area contributed by atoms with Crippen LogP contribution >= 0.6 is 11.6 Å². The van der Waals surface area contributed by atoms with Gasteiger partial charge in [0.25, 0.3) is 0 Å². The molecule has 6 nitrogen and oxygen atoms in total. The Morgan fingerprint density at radius 2 is 2.35 bits per heavy atom. The molecule has 1 aromatic rings. The summed E-state index contributed by atoms with van der Waals surface area (Å²) in [5.41, 5.74) is 0. The number of aryl methyl sites for hydroxylation is 1. The van der Waals surface area contributed by atoms with Crippen molar-refractivity contribution in [2.45, 2.75) is 26.3 Å². The smallest absolute Gasteiger partial charge is 0.245 e. The molecule has 1 aliphatic rings. The minimum atomic E-state index is -0.376. The van der Waals surface area contributed by atoms with Gasteiger partial charge < -0.3 is 15.0 Å². The van der Waals surface area contributed by atoms with Gasteiger partial charge in [-0.3, -0.25) is 4.79 Å². The van der Waals surface area contributed by atoms with Crippen LogP contribution in [0.1, 0.15) is 19.7 Å². The van der Waals surface area contributed by atoms with Gasteiger partial charge in [-0.25, -0.2) is 9.97 Å². The Kier molecular flexibility index (Phi) is 5.14. The molecule has 0 spiro atoms. The molecule has 0 bridgehead atoms. The monoisotopic (exact) mass is 298 g/mol. The maximum absolute atomic E-state index is 12.1. The average Bonchev–Trinajstić information content (AvgIpc) is 2.46. The quantitative estimate of drug-likeness (QED) is 0.841. The average molecular weight is 299 g/mol. The number of morpholine rings is 1. The number of halogens is 1. The van der Waals surface area contributed by atoms with E-state index in [1.807, 2.05) is 18.7 Å². The first kappa shape index (κ1) is 15.0. The number of amides is 1. The fourth-order valence-electron chi connectivity index (χ4n) is 2.14. The number of rotatable bonds is 4. The van der Waals surface area contributed by atoms with Gasteiger partial charge in [0.05, 0.1) is 13.2 Å². The Balaban J connectivity index is 2.27. The lowest BCUT2D eigenvalue weighted by Crippen LogP contribution is -2.54. The van der Waals surface area contributed by atoms with E-state index in [2.05, 4.69) is 15.3 Å². The highest BCUT2D eigenvalue weighted by atomic mass is 35.5. The number of anilines is 1. The maximum Gasteiger partial charge on any atom is 0.245 e. The third-order valence-electron chi connectivity index (χ3n) is 3.12. The first-order chi connectivity index (χ1) is 9.65. The predicted octanol–water partition coefficient (Wildman–Crippen LogP) is 1.03. The number of carbonyl (C=O) groups is 1. The SMILES string of the molecule is CCNC(=O)C1COCCN1c1cc(Cl)nc(CC)n1. The third-order valence-corrected chi connectivity index (χ3v) is 3.31. The van der Waals surface area contributed by atoms with E-state index in [0.717, 1.165) is 0 Å². The lowest BCUT2D eigenvalue weighted by atomic mass is 10.2. The van der Waals surface area contributed by atoms with Crippen molar-refractivity contribution in [1.82, 2.24) is 15.3 Å². The van der Waals surface area contributed by atoms with Crippen molar-refractivity contribution in [2.24, 2.45) is 0 Å². The van der Waals surface area contributed by atoms with Gasteiger partial charge in [0.1, 0.15) is 22.8 Å². The molecule has 110 valence electrons. The summed E-state index contributed by atoms with van der Waals surface area (Å²) < 4.78 is 5.41. The van der Waals surface area contributed by atoms with E-state index in [9.17, 15) is 4.79 Å². The molecule has 20 heavy (non-hydrogen) atoms. The second-order valence-electron chi connectivity index (χ2n) is 4.50. The van der Waals surface area contributed by atoms with Crippen LogP contribution in [0.15, 0.2) is 6.07 Å². The Hall–Kier alpha value is -1.40. The molecule has 2 heterocycles. The third kappa shape index (κ3) is 3.37. The molecule has 0 aromatic carbocycles. The van der Waals surface area contributed by atoms with E-state index in [1.165, 1.54) is 0 Å². The minimum Gasteiger partial charge on any atom is -0.377 e. The van der Waals surface area contributed by atoms with Crippen molar-refractivity contribution in [3.63, 3.8) is 0 Å². The largest absolute Gasteiger partial charge is 0.377 e. The maximum atomic E-state index is 12.1. The van der Waals surface area contributed by atoms with Gasteiger partial charge in [-0.15, -0.1) is 0 Å². The molecule has 1 aliphatic heterocycles. The normalized spacial score (nSPS) is 18.9. The highest BCUT2D eigenvalue weighted by molar-refractivity contribution is 6.29. The molecule has 1 saturated heterocycles. The van der Waals surface area contributed by atoms with Crippen molar-refractivity contribution in [2.75, 3.05) is 31.2 Å². The lowest BCUT2D eigenvalue weighted by molar-refractivity contribution is -0.124. The van der Waals surface area contributed by atoms with Gasteiger partial charge in [-0.05, 0) is 6.92 Å². The van der Waals surface area contributed by atoms with Gasteiger partial charge in [0, 0.05) is 25.6 Å². The topological polar surface area (TPSA) is 67.3 Å². The number of ether oxygens (including phenoxy) is 1. The van der Waals surface area contributed by atoms with Crippen molar-refractivity contribution in [3.05, 3.63) is 17.0 Å². The second-order valence-corrected chi connectivity index (χ2v) is 4.88. The summed E-state index contributed by atoms with van der Waals surface area (Å²) in [6, 6.07) is 1.32. The van der Waals surface area contributed by atoms with E-state index in [1.54, 1.807) is 6.07 Å². The number of nitrogens with one attached hydrogen (secondary N) is 1. The number of likely N-dealkylation sites (N-methyl/N-ethyl adjacent to an activating group) is 1. The van der Waals surface area contributed by atoms with Crippen molar-refractivity contribution in [1.29, 1.82) is 0 Å². The van der Waals surface area contributed by atoms with Crippen LogP contribution in [0.4, 0.5) is 5.82 Å². The predicted molar refractivity (Wildman–Crippen MR) is 77.1 cm³/mol. The zero-order valence-corrected chi connectivity index (χ0v) is 12.5. The van der Waals surface area contributed by atoms with E-state index >= 15 is 0 Å². The summed E-state index contributed by atoms with van der Waals surface area (Å²) in [6.07, 6.45) is 0.698. The standard InChI is InChI=1S/C13H19ClN4O2/c1-3-11-16-10(14)7-12(17-11)18-5-6-20-8-9(18)13(19)15-4-2/h7,9H,3-6,8H2,1-2H3,(H,15,19). The van der Waals surface area contributed by atoms with Crippen molar-refractivity contribution >= 4 is 23.3 Å². The van der Waals surface area contributed by atoms with Crippen LogP contribution in [0.5, 0.6) is 0 Å². The summed E-state index contributed by atoms with van der Waals surface area (Å²) in [5.74, 6) is 1.30. The van der Waals surface area contributed by atoms with Crippen LogP contribution in [0.2, 0.25) is 5.15 Å². The number of hydrogen-bond acceptors (Lipinski definition) is 5. The Bertz CT molecular complexity index is 483. The Morgan fingerprint density at radius 1 is 1.55 bits per heavy atom. The molecule has 1 aromatic heterocycles. The van der Waals surface area contributed by atoms with Crippen LogP contribution in [0, 0.1) is 0 Å². The summed E-state index contributed by atoms with van der Waals surface area (Å²) in [7, 11) is 0. The molecule has 1 atom stereocenters. The van der Waals surface area contributed by atoms with Gasteiger partial charge >= 0.3 is 0 Å². The highest BCUT2D eigenvalue weighted by Crippen LogP contribution is 2.21. The molecule has 1 amide bonds. The minimum absolute atomic E-state index is 0.0556. The van der Waals surface area contributed by atoms with Crippen LogP contribution in [-0.2, 0) is 16.0 Å². The summed E-state index contributed by atoms with van der Waals surface area (Å²) >= 11 is 6.03. The van der Waals surface area contributed by atoms with Gasteiger partial charge in [-0.2, -0.15) is 0 Å². The molecule has 1 fully saturated rings. The van der Waals surface area contributed by atoms with E-state index in [4.69, 9.17) is 16.3 Å². The highest BCUT2D eigenvalue weighted by Gasteiger charge is 2.30. The van der Waals surface area contributed by atoms with Crippen LogP contribution in [0.25, 0.3) is 0 Å². The summed E-state index contributed by atoms with van der Waals surface area (Å²) in [4.78, 5) is 22.7. The van der Waals surface area contributed by atoms with Gasteiger partial charge in [-0.1, -0.05) is 18.5 Å². The molecule has 0 aliphatic carbocycles. The van der Waals surface area contributed by atoms with Gasteiger partial charge in [0.15, 0.2) is 0 Å². The van der Waals surface area contributed by atoms with E-state index in [-0.39, 0.29) is 11.9 Å². The van der Waals surface area contributed by atoms with E-state index < -0.39 is 0 Å². The number of hydrogen-bond donors (Lipinski definition) is 1. The number of carbonyl (C=O) groups excluding carboxylic acids is 1. The summed E-state index contributed by atoms with van der Waals surface area (Å²) in [6.45, 7) is 5.98.